The number of anilines is 1. The van der Waals surface area contributed by atoms with Crippen molar-refractivity contribution in [2.75, 3.05) is 19.0 Å². The Morgan fingerprint density at radius 1 is 1.09 bits per heavy atom. The minimum absolute atomic E-state index is 0.0953. The molecule has 7 nitrogen and oxygen atoms in total. The lowest BCUT2D eigenvalue weighted by atomic mass is 9.55. The molecule has 3 aromatic rings. The number of pyridine rings is 1. The van der Waals surface area contributed by atoms with E-state index in [0.29, 0.717) is 33.8 Å². The van der Waals surface area contributed by atoms with Crippen molar-refractivity contribution in [1.29, 1.82) is 0 Å². The summed E-state index contributed by atoms with van der Waals surface area (Å²) in [5.41, 5.74) is 2.34. The number of rotatable bonds is 4. The number of carbonyl (C=O) groups is 1. The first-order chi connectivity index (χ1) is 16.2. The standard InChI is InChI=1S/C27H33N5O2/c1-26-8-5-9-27(2,16-26)14-19(13-26)32(4)24-7-6-21(30-31-24)20-10-18-15-29-22(25(34)28-3)11-17(18)12-23(20)33/h6-7,10-12,15,19,33H,5,8-9,13-14,16H2,1-4H3,(H,28,34)/t19?,26-,27+. The molecule has 2 bridgehead atoms. The van der Waals surface area contributed by atoms with E-state index in [1.54, 1.807) is 25.4 Å². The minimum atomic E-state index is -0.263. The molecule has 34 heavy (non-hydrogen) atoms. The summed E-state index contributed by atoms with van der Waals surface area (Å²) in [4.78, 5) is 18.4. The zero-order valence-electron chi connectivity index (χ0n) is 20.4. The number of aromatic hydroxyl groups is 1. The van der Waals surface area contributed by atoms with Crippen LogP contribution in [-0.2, 0) is 0 Å². The smallest absolute Gasteiger partial charge is 0.269 e. The van der Waals surface area contributed by atoms with Crippen molar-refractivity contribution in [3.8, 4) is 17.0 Å². The van der Waals surface area contributed by atoms with Gasteiger partial charge >= 0.3 is 0 Å². The summed E-state index contributed by atoms with van der Waals surface area (Å²) in [7, 11) is 3.69. The summed E-state index contributed by atoms with van der Waals surface area (Å²) in [5.74, 6) is 0.691. The second-order valence-electron chi connectivity index (χ2n) is 11.0. The van der Waals surface area contributed by atoms with Gasteiger partial charge in [-0.1, -0.05) is 20.3 Å². The first kappa shape index (κ1) is 22.6. The van der Waals surface area contributed by atoms with Crippen LogP contribution in [0.4, 0.5) is 5.82 Å². The lowest BCUT2D eigenvalue weighted by Crippen LogP contribution is -2.49. The van der Waals surface area contributed by atoms with Gasteiger partial charge in [0.1, 0.15) is 11.4 Å². The molecule has 1 amide bonds. The highest BCUT2D eigenvalue weighted by Crippen LogP contribution is 2.56. The molecule has 5 rings (SSSR count). The Morgan fingerprint density at radius 3 is 2.47 bits per heavy atom. The van der Waals surface area contributed by atoms with Gasteiger partial charge in [0.15, 0.2) is 5.82 Å². The second-order valence-corrected chi connectivity index (χ2v) is 11.0. The van der Waals surface area contributed by atoms with E-state index in [9.17, 15) is 9.90 Å². The van der Waals surface area contributed by atoms with Crippen LogP contribution in [0.1, 0.15) is 62.9 Å². The van der Waals surface area contributed by atoms with E-state index < -0.39 is 0 Å². The van der Waals surface area contributed by atoms with Crippen molar-refractivity contribution in [2.24, 2.45) is 10.8 Å². The Kier molecular flexibility index (Phi) is 5.46. The summed E-state index contributed by atoms with van der Waals surface area (Å²) >= 11 is 0. The van der Waals surface area contributed by atoms with E-state index in [1.807, 2.05) is 18.2 Å². The van der Waals surface area contributed by atoms with Crippen molar-refractivity contribution in [2.45, 2.75) is 58.4 Å². The molecule has 2 fully saturated rings. The largest absolute Gasteiger partial charge is 0.507 e. The third-order valence-electron chi connectivity index (χ3n) is 8.00. The molecular weight excluding hydrogens is 426 g/mol. The zero-order valence-corrected chi connectivity index (χ0v) is 20.4. The summed E-state index contributed by atoms with van der Waals surface area (Å²) in [6.07, 6.45) is 9.33. The first-order valence-corrected chi connectivity index (χ1v) is 12.1. The number of amides is 1. The molecule has 3 atom stereocenters. The molecule has 2 aromatic heterocycles. The van der Waals surface area contributed by atoms with Crippen molar-refractivity contribution in [3.63, 3.8) is 0 Å². The zero-order chi connectivity index (χ0) is 24.1. The van der Waals surface area contributed by atoms with Gasteiger partial charge in [-0.25, -0.2) is 0 Å². The van der Waals surface area contributed by atoms with Crippen LogP contribution in [0.2, 0.25) is 0 Å². The van der Waals surface area contributed by atoms with Crippen molar-refractivity contribution >= 4 is 22.5 Å². The Bertz CT molecular complexity index is 1230. The third-order valence-corrected chi connectivity index (χ3v) is 8.00. The molecule has 2 aliphatic rings. The molecule has 178 valence electrons. The number of nitrogens with zero attached hydrogens (tertiary/aromatic N) is 4. The number of nitrogens with one attached hydrogen (secondary N) is 1. The lowest BCUT2D eigenvalue weighted by Gasteiger charge is -2.54. The average Bonchev–Trinajstić information content (AvgIpc) is 2.81. The SMILES string of the molecule is CNC(=O)c1cc2cc(O)c(-c3ccc(N(C)C4C[C@]5(C)CCC[C@](C)(C4)C5)nn3)cc2cn1. The number of phenolic OH excluding ortho intramolecular Hbond substituents is 1. The Balaban J connectivity index is 1.39. The van der Waals surface area contributed by atoms with E-state index in [4.69, 9.17) is 0 Å². The lowest BCUT2D eigenvalue weighted by molar-refractivity contribution is 0.0141. The van der Waals surface area contributed by atoms with Gasteiger partial charge in [0.2, 0.25) is 0 Å². The van der Waals surface area contributed by atoms with Crippen LogP contribution < -0.4 is 10.2 Å². The van der Waals surface area contributed by atoms with E-state index in [1.165, 1.54) is 38.5 Å². The number of hydrogen-bond donors (Lipinski definition) is 2. The Labute approximate surface area is 200 Å². The fraction of sp³-hybridized carbons (Fsp3) is 0.481. The fourth-order valence-electron chi connectivity index (χ4n) is 6.46. The van der Waals surface area contributed by atoms with Gasteiger partial charge in [-0.2, -0.15) is 0 Å². The molecule has 0 spiro atoms. The topological polar surface area (TPSA) is 91.2 Å². The highest BCUT2D eigenvalue weighted by Gasteiger charge is 2.47. The molecule has 2 heterocycles. The number of phenols is 1. The van der Waals surface area contributed by atoms with Gasteiger partial charge in [-0.05, 0) is 78.7 Å². The Hall–Kier alpha value is -3.22. The maximum Gasteiger partial charge on any atom is 0.269 e. The number of aromatic nitrogens is 3. The molecule has 0 aliphatic heterocycles. The highest BCUT2D eigenvalue weighted by atomic mass is 16.3. The van der Waals surface area contributed by atoms with E-state index >= 15 is 0 Å². The van der Waals surface area contributed by atoms with E-state index in [0.717, 1.165) is 16.6 Å². The normalized spacial score (nSPS) is 26.3. The number of fused-ring (bicyclic) bond motifs is 3. The maximum atomic E-state index is 11.9. The van der Waals surface area contributed by atoms with Crippen molar-refractivity contribution in [1.82, 2.24) is 20.5 Å². The van der Waals surface area contributed by atoms with Crippen LogP contribution >= 0.6 is 0 Å². The molecule has 1 aromatic carbocycles. The van der Waals surface area contributed by atoms with Gasteiger partial charge in [0, 0.05) is 37.3 Å². The average molecular weight is 460 g/mol. The van der Waals surface area contributed by atoms with Gasteiger partial charge in [-0.15, -0.1) is 10.2 Å². The molecule has 2 saturated carbocycles. The molecule has 0 radical (unpaired) electrons. The number of carbonyl (C=O) groups excluding carboxylic acids is 1. The minimum Gasteiger partial charge on any atom is -0.507 e. The van der Waals surface area contributed by atoms with Crippen LogP contribution in [0.3, 0.4) is 0 Å². The summed E-state index contributed by atoms with van der Waals surface area (Å²) in [5, 5.41) is 23.8. The number of hydrogen-bond acceptors (Lipinski definition) is 6. The summed E-state index contributed by atoms with van der Waals surface area (Å²) < 4.78 is 0. The van der Waals surface area contributed by atoms with Crippen LogP contribution in [0, 0.1) is 10.8 Å². The molecule has 2 aliphatic carbocycles. The summed E-state index contributed by atoms with van der Waals surface area (Å²) in [6, 6.07) is 9.51. The van der Waals surface area contributed by atoms with Crippen molar-refractivity contribution in [3.05, 3.63) is 42.2 Å². The quantitative estimate of drug-likeness (QED) is 0.574. The molecular formula is C27H33N5O2. The van der Waals surface area contributed by atoms with Crippen LogP contribution in [0.5, 0.6) is 5.75 Å². The highest BCUT2D eigenvalue weighted by molar-refractivity contribution is 5.97. The molecule has 7 heteroatoms. The van der Waals surface area contributed by atoms with E-state index in [-0.39, 0.29) is 11.7 Å². The first-order valence-electron chi connectivity index (χ1n) is 12.1. The monoisotopic (exact) mass is 459 g/mol. The predicted molar refractivity (Wildman–Crippen MR) is 134 cm³/mol. The van der Waals surface area contributed by atoms with Crippen molar-refractivity contribution < 1.29 is 9.90 Å². The maximum absolute atomic E-state index is 11.9. The van der Waals surface area contributed by atoms with Gasteiger partial charge < -0.3 is 15.3 Å². The molecule has 2 N–H and O–H groups in total. The van der Waals surface area contributed by atoms with Crippen LogP contribution in [0.15, 0.2) is 36.5 Å². The summed E-state index contributed by atoms with van der Waals surface area (Å²) in [6.45, 7) is 4.91. The Morgan fingerprint density at radius 2 is 1.82 bits per heavy atom. The third kappa shape index (κ3) is 4.08. The van der Waals surface area contributed by atoms with Crippen LogP contribution in [-0.4, -0.2) is 46.3 Å². The predicted octanol–water partition coefficient (Wildman–Crippen LogP) is 4.94. The molecule has 0 saturated heterocycles. The van der Waals surface area contributed by atoms with Gasteiger partial charge in [0.05, 0.1) is 5.69 Å². The van der Waals surface area contributed by atoms with Crippen LogP contribution in [0.25, 0.3) is 22.0 Å². The second kappa shape index (κ2) is 8.22. The van der Waals surface area contributed by atoms with E-state index in [2.05, 4.69) is 46.3 Å². The molecule has 1 unspecified atom stereocenters. The van der Waals surface area contributed by atoms with Gasteiger partial charge in [-0.3, -0.25) is 9.78 Å². The number of benzene rings is 1. The van der Waals surface area contributed by atoms with Gasteiger partial charge in [0.25, 0.3) is 5.91 Å². The fourth-order valence-corrected chi connectivity index (χ4v) is 6.46.